The lowest BCUT2D eigenvalue weighted by Crippen LogP contribution is -2.31. The lowest BCUT2D eigenvalue weighted by Gasteiger charge is -2.31. The van der Waals surface area contributed by atoms with Crippen molar-refractivity contribution in [3.05, 3.63) is 0 Å². The smallest absolute Gasteiger partial charge is 0.0756 e. The molecule has 2 saturated carbocycles. The van der Waals surface area contributed by atoms with E-state index in [4.69, 9.17) is 0 Å². The molecule has 2 N–H and O–H groups in total. The van der Waals surface area contributed by atoms with Crippen LogP contribution in [0.1, 0.15) is 77.0 Å². The van der Waals surface area contributed by atoms with Crippen molar-refractivity contribution in [3.63, 3.8) is 0 Å². The second kappa shape index (κ2) is 6.08. The Bertz CT molecular complexity index is 282. The van der Waals surface area contributed by atoms with E-state index in [1.165, 1.54) is 12.8 Å². The van der Waals surface area contributed by atoms with Crippen molar-refractivity contribution in [2.24, 2.45) is 0 Å². The van der Waals surface area contributed by atoms with Crippen molar-refractivity contribution in [2.45, 2.75) is 88.3 Å². The van der Waals surface area contributed by atoms with E-state index in [0.717, 1.165) is 51.4 Å². The van der Waals surface area contributed by atoms with E-state index >= 15 is 0 Å². The Balaban J connectivity index is 1.77. The first-order valence-corrected chi connectivity index (χ1v) is 7.53. The van der Waals surface area contributed by atoms with Gasteiger partial charge in [-0.1, -0.05) is 38.5 Å². The van der Waals surface area contributed by atoms with E-state index in [-0.39, 0.29) is 0 Å². The highest BCUT2D eigenvalue weighted by Gasteiger charge is 2.29. The van der Waals surface area contributed by atoms with Gasteiger partial charge in [0.2, 0.25) is 0 Å². The molecule has 18 heavy (non-hydrogen) atoms. The summed E-state index contributed by atoms with van der Waals surface area (Å²) >= 11 is 0. The Kier molecular flexibility index (Phi) is 4.70. The van der Waals surface area contributed by atoms with Crippen molar-refractivity contribution >= 4 is 0 Å². The minimum absolute atomic E-state index is 0.541. The molecule has 2 nitrogen and oxygen atoms in total. The van der Waals surface area contributed by atoms with Gasteiger partial charge in [-0.3, -0.25) is 0 Å². The molecule has 0 aromatic rings. The highest BCUT2D eigenvalue weighted by Crippen LogP contribution is 2.32. The second-order valence-electron chi connectivity index (χ2n) is 6.28. The Morgan fingerprint density at radius 1 is 0.611 bits per heavy atom. The molecule has 0 amide bonds. The third-order valence-electron chi connectivity index (χ3n) is 4.53. The molecule has 0 radical (unpaired) electrons. The van der Waals surface area contributed by atoms with Gasteiger partial charge in [-0.2, -0.15) is 0 Å². The van der Waals surface area contributed by atoms with Crippen LogP contribution in [-0.4, -0.2) is 21.4 Å². The summed E-state index contributed by atoms with van der Waals surface area (Å²) in [6, 6.07) is 0. The molecule has 0 saturated heterocycles. The number of rotatable bonds is 2. The summed E-state index contributed by atoms with van der Waals surface area (Å²) in [6.07, 6.45) is 11.8. The van der Waals surface area contributed by atoms with Gasteiger partial charge in [-0.25, -0.2) is 0 Å². The topological polar surface area (TPSA) is 40.5 Å². The van der Waals surface area contributed by atoms with Crippen LogP contribution in [0.2, 0.25) is 0 Å². The van der Waals surface area contributed by atoms with E-state index in [2.05, 4.69) is 11.8 Å². The van der Waals surface area contributed by atoms with Crippen LogP contribution in [0.3, 0.4) is 0 Å². The second-order valence-corrected chi connectivity index (χ2v) is 6.28. The lowest BCUT2D eigenvalue weighted by atomic mass is 9.81. The van der Waals surface area contributed by atoms with Crippen molar-refractivity contribution < 1.29 is 10.2 Å². The molecule has 0 aromatic heterocycles. The predicted molar refractivity (Wildman–Crippen MR) is 73.1 cm³/mol. The molecular formula is C16H26O2. The minimum atomic E-state index is -0.541. The molecule has 2 aliphatic carbocycles. The fourth-order valence-electron chi connectivity index (χ4n) is 3.23. The van der Waals surface area contributed by atoms with E-state index in [1.54, 1.807) is 0 Å². The minimum Gasteiger partial charge on any atom is -0.389 e. The third kappa shape index (κ3) is 4.00. The van der Waals surface area contributed by atoms with Crippen molar-refractivity contribution in [1.82, 2.24) is 0 Å². The third-order valence-corrected chi connectivity index (χ3v) is 4.53. The van der Waals surface area contributed by atoms with Gasteiger partial charge in [-0.15, -0.1) is 11.8 Å². The summed E-state index contributed by atoms with van der Waals surface area (Å²) in [5, 5.41) is 20.6. The largest absolute Gasteiger partial charge is 0.389 e. The molecule has 2 aliphatic rings. The average Bonchev–Trinajstić information content (AvgIpc) is 2.37. The van der Waals surface area contributed by atoms with E-state index in [1.807, 2.05) is 0 Å². The van der Waals surface area contributed by atoms with Crippen molar-refractivity contribution in [3.8, 4) is 11.8 Å². The first kappa shape index (κ1) is 13.9. The van der Waals surface area contributed by atoms with Crippen LogP contribution in [0.4, 0.5) is 0 Å². The van der Waals surface area contributed by atoms with Crippen LogP contribution in [0.25, 0.3) is 0 Å². The molecule has 102 valence electrons. The van der Waals surface area contributed by atoms with Gasteiger partial charge in [0.15, 0.2) is 0 Å². The molecule has 0 aromatic carbocycles. The van der Waals surface area contributed by atoms with Gasteiger partial charge in [0.25, 0.3) is 0 Å². The summed E-state index contributed by atoms with van der Waals surface area (Å²) in [6.45, 7) is 0. The molecule has 0 atom stereocenters. The summed E-state index contributed by atoms with van der Waals surface area (Å²) in [4.78, 5) is 0. The van der Waals surface area contributed by atoms with Crippen LogP contribution in [0.5, 0.6) is 0 Å². The van der Waals surface area contributed by atoms with Crippen LogP contribution in [-0.2, 0) is 0 Å². The zero-order valence-corrected chi connectivity index (χ0v) is 11.4. The van der Waals surface area contributed by atoms with Gasteiger partial charge in [0.05, 0.1) is 11.2 Å². The van der Waals surface area contributed by atoms with Crippen LogP contribution >= 0.6 is 0 Å². The quantitative estimate of drug-likeness (QED) is 0.739. The fraction of sp³-hybridized carbons (Fsp3) is 0.875. The molecule has 2 rings (SSSR count). The first-order valence-electron chi connectivity index (χ1n) is 7.53. The predicted octanol–water partition coefficient (Wildman–Crippen LogP) is 3.16. The van der Waals surface area contributed by atoms with Crippen molar-refractivity contribution in [1.29, 1.82) is 0 Å². The zero-order valence-electron chi connectivity index (χ0n) is 11.4. The van der Waals surface area contributed by atoms with E-state index < -0.39 is 11.2 Å². The molecule has 0 aliphatic heterocycles. The summed E-state index contributed by atoms with van der Waals surface area (Å²) in [5.74, 6) is 6.22. The highest BCUT2D eigenvalue weighted by molar-refractivity contribution is 5.08. The first-order chi connectivity index (χ1) is 8.62. The summed E-state index contributed by atoms with van der Waals surface area (Å²) < 4.78 is 0. The fourth-order valence-corrected chi connectivity index (χ4v) is 3.23. The Morgan fingerprint density at radius 2 is 0.944 bits per heavy atom. The molecule has 0 spiro atoms. The van der Waals surface area contributed by atoms with Crippen molar-refractivity contribution in [2.75, 3.05) is 0 Å². The summed E-state index contributed by atoms with van der Waals surface area (Å²) in [7, 11) is 0. The van der Waals surface area contributed by atoms with Gasteiger partial charge in [-0.05, 0) is 25.7 Å². The Hall–Kier alpha value is -0.520. The number of aliphatic hydroxyl groups is 2. The number of hydrogen-bond donors (Lipinski definition) is 2. The molecule has 0 unspecified atom stereocenters. The Morgan fingerprint density at radius 3 is 1.28 bits per heavy atom. The monoisotopic (exact) mass is 250 g/mol. The molecule has 0 bridgehead atoms. The van der Waals surface area contributed by atoms with Gasteiger partial charge in [0.1, 0.15) is 0 Å². The maximum atomic E-state index is 10.3. The van der Waals surface area contributed by atoms with Gasteiger partial charge in [0, 0.05) is 12.8 Å². The van der Waals surface area contributed by atoms with E-state index in [9.17, 15) is 10.2 Å². The molecular weight excluding hydrogens is 224 g/mol. The van der Waals surface area contributed by atoms with Gasteiger partial charge >= 0.3 is 0 Å². The van der Waals surface area contributed by atoms with Gasteiger partial charge < -0.3 is 10.2 Å². The Labute approximate surface area is 111 Å². The van der Waals surface area contributed by atoms with Crippen LogP contribution < -0.4 is 0 Å². The maximum absolute atomic E-state index is 10.3. The zero-order chi connectivity index (χ0) is 12.9. The van der Waals surface area contributed by atoms with Crippen LogP contribution in [0.15, 0.2) is 0 Å². The maximum Gasteiger partial charge on any atom is 0.0756 e. The lowest BCUT2D eigenvalue weighted by molar-refractivity contribution is 0.00628. The molecule has 0 heterocycles. The highest BCUT2D eigenvalue weighted by atomic mass is 16.3. The number of hydrogen-bond acceptors (Lipinski definition) is 2. The normalized spacial score (nSPS) is 26.1. The SMILES string of the molecule is OC1(CC#CCC2(O)CCCCC2)CCCCC1. The molecule has 2 heteroatoms. The standard InChI is InChI=1S/C16H26O2/c17-15(9-3-1-4-10-15)13-7-8-14-16(18)11-5-2-6-12-16/h17-18H,1-6,9-14H2. The van der Waals surface area contributed by atoms with Crippen LogP contribution in [0, 0.1) is 11.8 Å². The van der Waals surface area contributed by atoms with E-state index in [0.29, 0.717) is 12.8 Å². The molecule has 2 fully saturated rings. The average molecular weight is 250 g/mol. The summed E-state index contributed by atoms with van der Waals surface area (Å²) in [5.41, 5.74) is -1.08.